The Bertz CT molecular complexity index is 912. The van der Waals surface area contributed by atoms with Crippen molar-refractivity contribution in [3.63, 3.8) is 0 Å². The summed E-state index contributed by atoms with van der Waals surface area (Å²) in [6, 6.07) is 12.6. The highest BCUT2D eigenvalue weighted by Gasteiger charge is 2.34. The second-order valence-electron chi connectivity index (χ2n) is 7.62. The van der Waals surface area contributed by atoms with Crippen LogP contribution in [0.25, 0.3) is 11.1 Å². The summed E-state index contributed by atoms with van der Waals surface area (Å²) < 4.78 is 40.0. The molecule has 2 aromatic carbocycles. The summed E-state index contributed by atoms with van der Waals surface area (Å²) >= 11 is 0. The van der Waals surface area contributed by atoms with Gasteiger partial charge in [-0.3, -0.25) is 0 Å². The van der Waals surface area contributed by atoms with Crippen molar-refractivity contribution < 1.29 is 13.2 Å². The lowest BCUT2D eigenvalue weighted by atomic mass is 9.81. The monoisotopic (exact) mass is 372 g/mol. The van der Waals surface area contributed by atoms with E-state index in [1.54, 1.807) is 6.07 Å². The number of para-hydroxylation sites is 1. The van der Waals surface area contributed by atoms with Crippen LogP contribution in [0.2, 0.25) is 0 Å². The predicted octanol–water partition coefficient (Wildman–Crippen LogP) is 5.81. The first-order valence-electron chi connectivity index (χ1n) is 9.20. The quantitative estimate of drug-likeness (QED) is 0.623. The Labute approximate surface area is 157 Å². The van der Waals surface area contributed by atoms with E-state index in [2.05, 4.69) is 25.1 Å². The molecule has 1 unspecified atom stereocenters. The molecule has 2 aromatic rings. The number of rotatable bonds is 1. The molecular weight excluding hydrogens is 349 g/mol. The first-order valence-corrected chi connectivity index (χ1v) is 9.20. The van der Waals surface area contributed by atoms with Crippen LogP contribution in [-0.2, 0) is 6.18 Å². The summed E-state index contributed by atoms with van der Waals surface area (Å²) in [7, 11) is 6.00. The van der Waals surface area contributed by atoms with Crippen molar-refractivity contribution in [2.75, 3.05) is 26.0 Å². The Kier molecular flexibility index (Phi) is 4.30. The summed E-state index contributed by atoms with van der Waals surface area (Å²) in [6.45, 7) is 0. The van der Waals surface area contributed by atoms with Gasteiger partial charge >= 0.3 is 6.18 Å². The lowest BCUT2D eigenvalue weighted by Crippen LogP contribution is -2.30. The number of nitrogens with zero attached hydrogens (tertiary/aromatic N) is 2. The molecule has 1 aliphatic carbocycles. The summed E-state index contributed by atoms with van der Waals surface area (Å²) in [6.07, 6.45) is -1.51. The van der Waals surface area contributed by atoms with E-state index < -0.39 is 11.7 Å². The normalized spacial score (nSPS) is 19.5. The third kappa shape index (κ3) is 3.04. The van der Waals surface area contributed by atoms with Gasteiger partial charge in [-0.25, -0.2) is 0 Å². The van der Waals surface area contributed by atoms with E-state index in [4.69, 9.17) is 0 Å². The Morgan fingerprint density at radius 3 is 2.37 bits per heavy atom. The third-order valence-electron chi connectivity index (χ3n) is 5.86. The number of allylic oxidation sites excluding steroid dienone is 1. The average Bonchev–Trinajstić information content (AvgIpc) is 2.75. The maximum atomic E-state index is 13.3. The Morgan fingerprint density at radius 1 is 0.963 bits per heavy atom. The number of anilines is 2. The Balaban J connectivity index is 1.97. The predicted molar refractivity (Wildman–Crippen MR) is 104 cm³/mol. The molecule has 0 aromatic heterocycles. The zero-order valence-corrected chi connectivity index (χ0v) is 15.8. The molecule has 0 radical (unpaired) electrons. The van der Waals surface area contributed by atoms with Crippen molar-refractivity contribution in [3.8, 4) is 0 Å². The standard InChI is InChI=1S/C22H23F3N2/c1-26(2)15-9-11-16-17-6-4-5-7-20(17)27(3)21-12-14(22(23,24)25)8-10-18(21)19(16)13-15/h4-8,10,12,15H,9,11,13H2,1-3H3. The van der Waals surface area contributed by atoms with Gasteiger partial charge in [0.2, 0.25) is 0 Å². The number of alkyl halides is 3. The van der Waals surface area contributed by atoms with Gasteiger partial charge in [-0.2, -0.15) is 13.2 Å². The van der Waals surface area contributed by atoms with Gasteiger partial charge in [0.15, 0.2) is 0 Å². The molecule has 142 valence electrons. The van der Waals surface area contributed by atoms with Crippen molar-refractivity contribution in [1.29, 1.82) is 0 Å². The van der Waals surface area contributed by atoms with Crippen LogP contribution in [0.3, 0.4) is 0 Å². The second kappa shape index (κ2) is 6.41. The fourth-order valence-corrected chi connectivity index (χ4v) is 4.32. The van der Waals surface area contributed by atoms with Crippen molar-refractivity contribution in [3.05, 3.63) is 59.2 Å². The minimum atomic E-state index is -4.35. The largest absolute Gasteiger partial charge is 0.416 e. The van der Waals surface area contributed by atoms with E-state index in [1.807, 2.05) is 30.1 Å². The number of halogens is 3. The summed E-state index contributed by atoms with van der Waals surface area (Å²) in [4.78, 5) is 4.12. The molecule has 1 heterocycles. The van der Waals surface area contributed by atoms with Crippen LogP contribution < -0.4 is 4.90 Å². The van der Waals surface area contributed by atoms with Crippen molar-refractivity contribution in [2.24, 2.45) is 0 Å². The van der Waals surface area contributed by atoms with E-state index in [1.165, 1.54) is 23.3 Å². The SMILES string of the molecule is CN1c2ccccc2C2=C(CC(N(C)C)CC2)c2ccc(C(F)(F)F)cc21. The van der Waals surface area contributed by atoms with Crippen LogP contribution in [0.1, 0.15) is 36.0 Å². The highest BCUT2D eigenvalue weighted by Crippen LogP contribution is 2.49. The topological polar surface area (TPSA) is 6.48 Å². The molecule has 1 atom stereocenters. The zero-order valence-electron chi connectivity index (χ0n) is 15.8. The molecule has 2 aliphatic rings. The minimum absolute atomic E-state index is 0.398. The van der Waals surface area contributed by atoms with E-state index in [-0.39, 0.29) is 0 Å². The zero-order chi connectivity index (χ0) is 19.3. The molecule has 0 saturated heterocycles. The fraction of sp³-hybridized carbons (Fsp3) is 0.364. The lowest BCUT2D eigenvalue weighted by molar-refractivity contribution is -0.137. The second-order valence-corrected chi connectivity index (χ2v) is 7.62. The first-order chi connectivity index (χ1) is 12.8. The molecule has 0 fully saturated rings. The van der Waals surface area contributed by atoms with Crippen LogP contribution in [0.5, 0.6) is 0 Å². The molecular formula is C22H23F3N2. The summed E-state index contributed by atoms with van der Waals surface area (Å²) in [5.74, 6) is 0. The molecule has 2 nitrogen and oxygen atoms in total. The van der Waals surface area contributed by atoms with E-state index in [0.717, 1.165) is 36.1 Å². The van der Waals surface area contributed by atoms with E-state index in [9.17, 15) is 13.2 Å². The molecule has 0 saturated carbocycles. The van der Waals surface area contributed by atoms with Gasteiger partial charge in [0.25, 0.3) is 0 Å². The van der Waals surface area contributed by atoms with E-state index >= 15 is 0 Å². The van der Waals surface area contributed by atoms with Gasteiger partial charge in [0.1, 0.15) is 0 Å². The number of benzene rings is 2. The van der Waals surface area contributed by atoms with Crippen LogP contribution in [0.15, 0.2) is 42.5 Å². The van der Waals surface area contributed by atoms with Crippen molar-refractivity contribution >= 4 is 22.5 Å². The number of hydrogen-bond acceptors (Lipinski definition) is 2. The van der Waals surface area contributed by atoms with Gasteiger partial charge in [0.05, 0.1) is 5.56 Å². The lowest BCUT2D eigenvalue weighted by Gasteiger charge is -2.32. The molecule has 5 heteroatoms. The maximum absolute atomic E-state index is 13.3. The molecule has 0 bridgehead atoms. The molecule has 4 rings (SSSR count). The molecule has 27 heavy (non-hydrogen) atoms. The van der Waals surface area contributed by atoms with Gasteiger partial charge in [-0.1, -0.05) is 24.3 Å². The summed E-state index contributed by atoms with van der Waals surface area (Å²) in [5, 5.41) is 0. The van der Waals surface area contributed by atoms with Gasteiger partial charge < -0.3 is 9.80 Å². The average molecular weight is 372 g/mol. The van der Waals surface area contributed by atoms with Crippen LogP contribution in [-0.4, -0.2) is 32.1 Å². The molecule has 0 spiro atoms. The van der Waals surface area contributed by atoms with Crippen LogP contribution in [0.4, 0.5) is 24.5 Å². The minimum Gasteiger partial charge on any atom is -0.344 e. The highest BCUT2D eigenvalue weighted by molar-refractivity contribution is 6.02. The number of fused-ring (bicyclic) bond motifs is 4. The third-order valence-corrected chi connectivity index (χ3v) is 5.86. The van der Waals surface area contributed by atoms with Gasteiger partial charge in [-0.15, -0.1) is 0 Å². The molecule has 1 aliphatic heterocycles. The van der Waals surface area contributed by atoms with E-state index in [0.29, 0.717) is 11.7 Å². The Morgan fingerprint density at radius 2 is 1.67 bits per heavy atom. The molecule has 0 amide bonds. The van der Waals surface area contributed by atoms with Crippen molar-refractivity contribution in [2.45, 2.75) is 31.5 Å². The molecule has 0 N–H and O–H groups in total. The van der Waals surface area contributed by atoms with Crippen LogP contribution in [0, 0.1) is 0 Å². The van der Waals surface area contributed by atoms with Crippen molar-refractivity contribution in [1.82, 2.24) is 4.90 Å². The smallest absolute Gasteiger partial charge is 0.344 e. The van der Waals surface area contributed by atoms with Gasteiger partial charge in [-0.05, 0) is 62.7 Å². The maximum Gasteiger partial charge on any atom is 0.416 e. The van der Waals surface area contributed by atoms with Gasteiger partial charge in [0, 0.05) is 35.6 Å². The highest BCUT2D eigenvalue weighted by atomic mass is 19.4. The number of hydrogen-bond donors (Lipinski definition) is 0. The fourth-order valence-electron chi connectivity index (χ4n) is 4.32. The van der Waals surface area contributed by atoms with Crippen LogP contribution >= 0.6 is 0 Å². The summed E-state index contributed by atoms with van der Waals surface area (Å²) in [5.41, 5.74) is 5.50. The Hall–Kier alpha value is -2.27. The first kappa shape index (κ1) is 18.1.